The molecule has 0 amide bonds. The van der Waals surface area contributed by atoms with Gasteiger partial charge in [0, 0.05) is 12.8 Å². The molecule has 1 N–H and O–H groups in total. The maximum atomic E-state index is 11.9. The van der Waals surface area contributed by atoms with Crippen LogP contribution >= 0.6 is 0 Å². The molecule has 0 aliphatic carbocycles. The minimum Gasteiger partial charge on any atom is -0.468 e. The zero-order valence-electron chi connectivity index (χ0n) is 24.1. The van der Waals surface area contributed by atoms with Gasteiger partial charge in [-0.1, -0.05) is 75.8 Å². The van der Waals surface area contributed by atoms with Gasteiger partial charge < -0.3 is 21.2 Å². The fraction of sp³-hybridized carbons (Fsp3) is 0.710. The van der Waals surface area contributed by atoms with Crippen LogP contribution in [0.2, 0.25) is 0 Å². The summed E-state index contributed by atoms with van der Waals surface area (Å²) < 4.78 is 10.6. The number of hydrogen-bond donors (Lipinski definition) is 1. The van der Waals surface area contributed by atoms with E-state index in [0.717, 1.165) is 58.0 Å². The van der Waals surface area contributed by atoms with E-state index in [1.54, 1.807) is 0 Å². The molecule has 0 spiro atoms. The van der Waals surface area contributed by atoms with E-state index in [4.69, 9.17) is 9.47 Å². The Kier molecular flexibility index (Phi) is 27.4. The van der Waals surface area contributed by atoms with Crippen molar-refractivity contribution in [1.82, 2.24) is 5.32 Å². The molecular formula is C31H52NO4Rb. The number of carbonyl (C=O) groups is 2. The third-order valence-corrected chi connectivity index (χ3v) is 6.44. The first-order valence-corrected chi connectivity index (χ1v) is 14.5. The topological polar surface area (TPSA) is 64.6 Å². The van der Waals surface area contributed by atoms with Gasteiger partial charge in [-0.15, -0.1) is 6.42 Å². The zero-order valence-corrected chi connectivity index (χ0v) is 29.0. The molecule has 0 bridgehead atoms. The Morgan fingerprint density at radius 3 is 1.86 bits per heavy atom. The number of rotatable bonds is 24. The second-order valence-electron chi connectivity index (χ2n) is 10.0. The number of hydrogen-bond acceptors (Lipinski definition) is 5. The van der Waals surface area contributed by atoms with Gasteiger partial charge in [0.1, 0.15) is 0 Å². The van der Waals surface area contributed by atoms with Gasteiger partial charge in [0.15, 0.2) is 0 Å². The van der Waals surface area contributed by atoms with E-state index in [9.17, 15) is 9.59 Å². The number of nitrogens with one attached hydrogen (secondary N) is 1. The smallest absolute Gasteiger partial charge is 0.468 e. The maximum absolute atomic E-state index is 11.9. The van der Waals surface area contributed by atoms with Crippen LogP contribution in [0.5, 0.6) is 0 Å². The van der Waals surface area contributed by atoms with Gasteiger partial charge in [-0.05, 0) is 63.1 Å². The number of ether oxygens (including phenoxy) is 2. The van der Waals surface area contributed by atoms with Gasteiger partial charge in [-0.3, -0.25) is 9.59 Å². The van der Waals surface area contributed by atoms with E-state index in [-0.39, 0.29) is 70.1 Å². The maximum Gasteiger partial charge on any atom is 1.00 e. The van der Waals surface area contributed by atoms with Crippen LogP contribution in [0.3, 0.4) is 0 Å². The largest absolute Gasteiger partial charge is 1.00 e. The van der Waals surface area contributed by atoms with Crippen LogP contribution in [0.1, 0.15) is 109 Å². The van der Waals surface area contributed by atoms with E-state index in [1.165, 1.54) is 44.1 Å². The van der Waals surface area contributed by atoms with Crippen molar-refractivity contribution in [2.75, 3.05) is 26.3 Å². The molecule has 1 atom stereocenters. The summed E-state index contributed by atoms with van der Waals surface area (Å²) in [6, 6.07) is 10.5. The van der Waals surface area contributed by atoms with Gasteiger partial charge in [-0.2, -0.15) is 6.92 Å². The van der Waals surface area contributed by atoms with Gasteiger partial charge >= 0.3 is 70.1 Å². The van der Waals surface area contributed by atoms with Crippen LogP contribution in [-0.2, 0) is 25.5 Å². The van der Waals surface area contributed by atoms with Crippen LogP contribution in [0, 0.1) is 12.3 Å². The molecule has 0 saturated carbocycles. The third kappa shape index (κ3) is 24.7. The normalized spacial score (nSPS) is 11.5. The molecule has 5 nitrogen and oxygen atoms in total. The zero-order chi connectivity index (χ0) is 26.1. The van der Waals surface area contributed by atoms with E-state index >= 15 is 0 Å². The number of benzene rings is 1. The van der Waals surface area contributed by atoms with Crippen molar-refractivity contribution in [2.45, 2.75) is 110 Å². The monoisotopic (exact) mass is 587 g/mol. The quantitative estimate of drug-likeness (QED) is 0.111. The van der Waals surface area contributed by atoms with Gasteiger partial charge in [0.2, 0.25) is 0 Å². The fourth-order valence-electron chi connectivity index (χ4n) is 4.15. The molecule has 1 aromatic rings. The van der Waals surface area contributed by atoms with E-state index in [2.05, 4.69) is 36.5 Å². The average molecular weight is 588 g/mol. The summed E-state index contributed by atoms with van der Waals surface area (Å²) in [5.41, 5.74) is 1.34. The van der Waals surface area contributed by atoms with Crippen LogP contribution in [0.4, 0.5) is 0 Å². The Morgan fingerprint density at radius 1 is 0.784 bits per heavy atom. The van der Waals surface area contributed by atoms with Crippen LogP contribution in [0.15, 0.2) is 30.3 Å². The van der Waals surface area contributed by atoms with Crippen molar-refractivity contribution in [2.24, 2.45) is 5.92 Å². The third-order valence-electron chi connectivity index (χ3n) is 6.44. The molecule has 0 heterocycles. The molecule has 0 aromatic heterocycles. The molecule has 0 aliphatic rings. The summed E-state index contributed by atoms with van der Waals surface area (Å²) >= 11 is 0. The van der Waals surface area contributed by atoms with Gasteiger partial charge in [0.05, 0.1) is 13.2 Å². The predicted octanol–water partition coefficient (Wildman–Crippen LogP) is 4.23. The second-order valence-corrected chi connectivity index (χ2v) is 10.0. The molecule has 1 aromatic carbocycles. The molecule has 0 aliphatic heterocycles. The first kappa shape index (κ1) is 36.9. The average Bonchev–Trinajstić information content (AvgIpc) is 2.87. The number of unbranched alkanes of at least 4 members (excludes halogenated alkanes) is 9. The minimum absolute atomic E-state index is 0. The molecule has 6 heteroatoms. The van der Waals surface area contributed by atoms with E-state index in [0.29, 0.717) is 32.0 Å². The van der Waals surface area contributed by atoms with Crippen LogP contribution in [-0.4, -0.2) is 38.2 Å². The Bertz CT molecular complexity index is 656. The Hall–Kier alpha value is -0.0748. The minimum atomic E-state index is -0.0572. The molecular weight excluding hydrogens is 536 g/mol. The van der Waals surface area contributed by atoms with E-state index < -0.39 is 0 Å². The molecule has 37 heavy (non-hydrogen) atoms. The predicted molar refractivity (Wildman–Crippen MR) is 149 cm³/mol. The van der Waals surface area contributed by atoms with Gasteiger partial charge in [-0.25, -0.2) is 0 Å². The number of carbonyl (C=O) groups excluding carboxylic acids is 2. The van der Waals surface area contributed by atoms with Gasteiger partial charge in [0.25, 0.3) is 0 Å². The Morgan fingerprint density at radius 2 is 1.30 bits per heavy atom. The fourth-order valence-corrected chi connectivity index (χ4v) is 4.15. The van der Waals surface area contributed by atoms with Crippen molar-refractivity contribution < 1.29 is 77.3 Å². The molecule has 206 valence electrons. The molecule has 1 rings (SSSR count). The van der Waals surface area contributed by atoms with Crippen molar-refractivity contribution in [1.29, 1.82) is 0 Å². The van der Waals surface area contributed by atoms with Crippen molar-refractivity contribution in [3.63, 3.8) is 0 Å². The Balaban J connectivity index is 0.0000130. The molecule has 0 radical (unpaired) electrons. The molecule has 0 fully saturated rings. The second kappa shape index (κ2) is 27.5. The molecule has 1 unspecified atom stereocenters. The Labute approximate surface area is 276 Å². The number of esters is 2. The SMILES string of the molecule is C[CH-]CCOC(=O)CCCCCCCNCCCCCCCC(=O)OCCC(C)Cc1ccccc1.[Rb+]. The van der Waals surface area contributed by atoms with Crippen molar-refractivity contribution in [3.8, 4) is 0 Å². The first-order chi connectivity index (χ1) is 17.6. The summed E-state index contributed by atoms with van der Waals surface area (Å²) in [6.45, 7) is 7.39. The summed E-state index contributed by atoms with van der Waals surface area (Å²) in [7, 11) is 0. The standard InChI is InChI=1S/C31H52NO4.Rb/c1-3-4-25-35-30(33)20-14-7-5-9-16-23-32-24-17-10-6-8-15-21-31(34)36-26-22-28(2)27-29-18-12-11-13-19-29;/h3,11-13,18-19,28,32H,4-10,14-17,20-27H2,1-2H3;/q-1;+1. The van der Waals surface area contributed by atoms with Crippen LogP contribution < -0.4 is 63.5 Å². The van der Waals surface area contributed by atoms with Crippen molar-refractivity contribution in [3.05, 3.63) is 42.3 Å². The summed E-state index contributed by atoms with van der Waals surface area (Å²) in [5, 5.41) is 3.53. The van der Waals surface area contributed by atoms with Crippen molar-refractivity contribution >= 4 is 11.9 Å². The summed E-state index contributed by atoms with van der Waals surface area (Å²) in [5.74, 6) is 0.415. The summed E-state index contributed by atoms with van der Waals surface area (Å²) in [4.78, 5) is 23.4. The summed E-state index contributed by atoms with van der Waals surface area (Å²) in [6.07, 6.45) is 17.2. The first-order valence-electron chi connectivity index (χ1n) is 14.5. The van der Waals surface area contributed by atoms with E-state index in [1.807, 2.05) is 19.4 Å². The molecule has 0 saturated heterocycles. The van der Waals surface area contributed by atoms with Crippen LogP contribution in [0.25, 0.3) is 0 Å².